The highest BCUT2D eigenvalue weighted by atomic mass is 32.2. The fourth-order valence-corrected chi connectivity index (χ4v) is 2.53. The van der Waals surface area contributed by atoms with Crippen LogP contribution in [-0.4, -0.2) is 30.3 Å². The van der Waals surface area contributed by atoms with Gasteiger partial charge in [-0.2, -0.15) is 13.2 Å². The Morgan fingerprint density at radius 1 is 1.35 bits per heavy atom. The minimum absolute atomic E-state index is 0.0325. The molecule has 0 heterocycles. The van der Waals surface area contributed by atoms with Crippen molar-refractivity contribution in [2.24, 2.45) is 11.1 Å². The predicted molar refractivity (Wildman–Crippen MR) is 61.5 cm³/mol. The van der Waals surface area contributed by atoms with Crippen molar-refractivity contribution in [2.75, 3.05) is 18.8 Å². The van der Waals surface area contributed by atoms with Crippen molar-refractivity contribution in [2.45, 2.75) is 31.2 Å². The van der Waals surface area contributed by atoms with E-state index in [1.165, 1.54) is 0 Å². The molecule has 0 bridgehead atoms. The van der Waals surface area contributed by atoms with E-state index in [9.17, 15) is 18.0 Å². The van der Waals surface area contributed by atoms with E-state index in [-0.39, 0.29) is 36.5 Å². The molecular weight excluding hydrogens is 253 g/mol. The molecule has 1 amide bonds. The van der Waals surface area contributed by atoms with Gasteiger partial charge in [-0.25, -0.2) is 0 Å². The Hall–Kier alpha value is -0.430. The lowest BCUT2D eigenvalue weighted by Gasteiger charge is -2.25. The first-order valence-electron chi connectivity index (χ1n) is 5.59. The van der Waals surface area contributed by atoms with Gasteiger partial charge in [-0.15, -0.1) is 0 Å². The molecule has 1 saturated carbocycles. The van der Waals surface area contributed by atoms with E-state index in [2.05, 4.69) is 5.32 Å². The second kappa shape index (κ2) is 5.95. The van der Waals surface area contributed by atoms with E-state index >= 15 is 0 Å². The average Bonchev–Trinajstić information content (AvgIpc) is 2.72. The van der Waals surface area contributed by atoms with Gasteiger partial charge in [-0.1, -0.05) is 12.8 Å². The van der Waals surface area contributed by atoms with Crippen molar-refractivity contribution in [1.29, 1.82) is 0 Å². The number of carbonyl (C=O) groups is 1. The van der Waals surface area contributed by atoms with Crippen LogP contribution in [0.25, 0.3) is 0 Å². The molecule has 0 atom stereocenters. The minimum atomic E-state index is -4.23. The molecule has 3 N–H and O–H groups in total. The number of hydrogen-bond donors (Lipinski definition) is 2. The zero-order chi connectivity index (χ0) is 12.9. The van der Waals surface area contributed by atoms with E-state index < -0.39 is 10.9 Å². The van der Waals surface area contributed by atoms with Crippen molar-refractivity contribution < 1.29 is 18.0 Å². The average molecular weight is 270 g/mol. The maximum Gasteiger partial charge on any atom is 0.441 e. The Labute approximate surface area is 103 Å². The van der Waals surface area contributed by atoms with Gasteiger partial charge in [0.2, 0.25) is 5.91 Å². The number of halogens is 3. The van der Waals surface area contributed by atoms with Gasteiger partial charge < -0.3 is 11.1 Å². The molecule has 0 saturated heterocycles. The number of nitrogens with two attached hydrogens (primary N) is 1. The second-order valence-electron chi connectivity index (χ2n) is 4.24. The van der Waals surface area contributed by atoms with Gasteiger partial charge in [0.15, 0.2) is 0 Å². The molecule has 3 nitrogen and oxygen atoms in total. The zero-order valence-corrected chi connectivity index (χ0v) is 10.3. The molecule has 1 fully saturated rings. The highest BCUT2D eigenvalue weighted by Gasteiger charge is 2.39. The van der Waals surface area contributed by atoms with Gasteiger partial charge in [-0.05, 0) is 24.6 Å². The summed E-state index contributed by atoms with van der Waals surface area (Å²) in [5.74, 6) is -0.351. The topological polar surface area (TPSA) is 55.1 Å². The van der Waals surface area contributed by atoms with E-state index in [0.29, 0.717) is 0 Å². The number of hydrogen-bond acceptors (Lipinski definition) is 3. The molecule has 0 aromatic carbocycles. The molecule has 1 rings (SSSR count). The third-order valence-corrected chi connectivity index (χ3v) is 3.82. The maximum absolute atomic E-state index is 11.9. The molecule has 1 aliphatic rings. The molecule has 0 aromatic heterocycles. The van der Waals surface area contributed by atoms with Crippen LogP contribution in [0, 0.1) is 5.41 Å². The summed E-state index contributed by atoms with van der Waals surface area (Å²) >= 11 is -0.121. The van der Waals surface area contributed by atoms with E-state index in [4.69, 9.17) is 5.73 Å². The lowest BCUT2D eigenvalue weighted by molar-refractivity contribution is -0.130. The van der Waals surface area contributed by atoms with Crippen LogP contribution in [0.15, 0.2) is 0 Å². The summed E-state index contributed by atoms with van der Waals surface area (Å²) in [5.41, 5.74) is 0.826. The third-order valence-electron chi connectivity index (χ3n) is 3.09. The molecule has 0 aliphatic heterocycles. The fraction of sp³-hybridized carbons (Fsp3) is 0.900. The van der Waals surface area contributed by atoms with Gasteiger partial charge in [-0.3, -0.25) is 4.79 Å². The Kier molecular flexibility index (Phi) is 5.12. The van der Waals surface area contributed by atoms with Gasteiger partial charge in [0.25, 0.3) is 0 Å². The van der Waals surface area contributed by atoms with Crippen molar-refractivity contribution in [3.63, 3.8) is 0 Å². The number of amides is 1. The quantitative estimate of drug-likeness (QED) is 0.750. The first-order valence-corrected chi connectivity index (χ1v) is 6.57. The van der Waals surface area contributed by atoms with Crippen molar-refractivity contribution >= 4 is 17.7 Å². The lowest BCUT2D eigenvalue weighted by atomic mass is 9.85. The van der Waals surface area contributed by atoms with Crippen LogP contribution in [0.2, 0.25) is 0 Å². The van der Waals surface area contributed by atoms with E-state index in [1.807, 2.05) is 0 Å². The van der Waals surface area contributed by atoms with Gasteiger partial charge in [0, 0.05) is 18.8 Å². The van der Waals surface area contributed by atoms with Crippen LogP contribution in [0.3, 0.4) is 0 Å². The van der Waals surface area contributed by atoms with Crippen LogP contribution in [0.4, 0.5) is 13.2 Å². The Morgan fingerprint density at radius 2 is 1.94 bits per heavy atom. The standard InChI is InChI=1S/C10H17F3N2OS/c11-10(12,13)17-6-5-15-8(16)9(7-14)3-1-2-4-9/h1-7,14H2,(H,15,16). The van der Waals surface area contributed by atoms with Crippen molar-refractivity contribution in [1.82, 2.24) is 5.32 Å². The summed E-state index contributed by atoms with van der Waals surface area (Å²) in [5, 5.41) is 2.55. The number of thioether (sulfide) groups is 1. The molecule has 17 heavy (non-hydrogen) atoms. The molecule has 1 aliphatic carbocycles. The molecule has 0 spiro atoms. The Morgan fingerprint density at radius 3 is 2.41 bits per heavy atom. The monoisotopic (exact) mass is 270 g/mol. The van der Waals surface area contributed by atoms with Crippen LogP contribution >= 0.6 is 11.8 Å². The SMILES string of the molecule is NCC1(C(=O)NCCSC(F)(F)F)CCCC1. The zero-order valence-electron chi connectivity index (χ0n) is 9.48. The van der Waals surface area contributed by atoms with Crippen LogP contribution in [0.1, 0.15) is 25.7 Å². The van der Waals surface area contributed by atoms with Crippen LogP contribution in [-0.2, 0) is 4.79 Å². The summed E-state index contributed by atoms with van der Waals surface area (Å²) < 4.78 is 35.6. The number of alkyl halides is 3. The number of nitrogens with one attached hydrogen (secondary N) is 1. The second-order valence-corrected chi connectivity index (χ2v) is 5.40. The summed E-state index contributed by atoms with van der Waals surface area (Å²) in [6.45, 7) is 0.302. The van der Waals surface area contributed by atoms with Crippen LogP contribution < -0.4 is 11.1 Å². The summed E-state index contributed by atoms with van der Waals surface area (Å²) in [4.78, 5) is 11.8. The number of rotatable bonds is 5. The fourth-order valence-electron chi connectivity index (χ4n) is 2.09. The first kappa shape index (κ1) is 14.6. The van der Waals surface area contributed by atoms with E-state index in [0.717, 1.165) is 25.7 Å². The predicted octanol–water partition coefficient (Wildman–Crippen LogP) is 1.87. The molecule has 7 heteroatoms. The molecule has 100 valence electrons. The van der Waals surface area contributed by atoms with Gasteiger partial charge >= 0.3 is 5.51 Å². The van der Waals surface area contributed by atoms with Crippen LogP contribution in [0.5, 0.6) is 0 Å². The molecule has 0 unspecified atom stereocenters. The highest BCUT2D eigenvalue weighted by molar-refractivity contribution is 8.00. The highest BCUT2D eigenvalue weighted by Crippen LogP contribution is 2.37. The first-order chi connectivity index (χ1) is 7.90. The molecular formula is C10H17F3N2OS. The maximum atomic E-state index is 11.9. The van der Waals surface area contributed by atoms with Crippen molar-refractivity contribution in [3.8, 4) is 0 Å². The lowest BCUT2D eigenvalue weighted by Crippen LogP contribution is -2.44. The summed E-state index contributed by atoms with van der Waals surface area (Å²) in [6, 6.07) is 0. The third kappa shape index (κ3) is 4.39. The smallest absolute Gasteiger partial charge is 0.355 e. The molecule has 0 radical (unpaired) electrons. The largest absolute Gasteiger partial charge is 0.441 e. The normalized spacial score (nSPS) is 19.3. The summed E-state index contributed by atoms with van der Waals surface area (Å²) in [6.07, 6.45) is 3.40. The van der Waals surface area contributed by atoms with Gasteiger partial charge in [0.05, 0.1) is 5.41 Å². The van der Waals surface area contributed by atoms with E-state index in [1.54, 1.807) is 0 Å². The summed E-state index contributed by atoms with van der Waals surface area (Å²) in [7, 11) is 0. The molecule has 0 aromatic rings. The van der Waals surface area contributed by atoms with Crippen molar-refractivity contribution in [3.05, 3.63) is 0 Å². The number of carbonyl (C=O) groups excluding carboxylic acids is 1. The minimum Gasteiger partial charge on any atom is -0.355 e. The Bertz CT molecular complexity index is 265. The van der Waals surface area contributed by atoms with Gasteiger partial charge in [0.1, 0.15) is 0 Å². The Balaban J connectivity index is 2.29.